The van der Waals surface area contributed by atoms with Gasteiger partial charge in [0.1, 0.15) is 0 Å². The fourth-order valence-corrected chi connectivity index (χ4v) is 2.86. The molecule has 22 heavy (non-hydrogen) atoms. The van der Waals surface area contributed by atoms with Crippen molar-refractivity contribution >= 4 is 11.9 Å². The van der Waals surface area contributed by atoms with Crippen molar-refractivity contribution in [3.63, 3.8) is 0 Å². The highest BCUT2D eigenvalue weighted by molar-refractivity contribution is 5.81. The van der Waals surface area contributed by atoms with Gasteiger partial charge in [-0.1, -0.05) is 6.08 Å². The van der Waals surface area contributed by atoms with Crippen LogP contribution in [0.15, 0.2) is 12.2 Å². The second kappa shape index (κ2) is 8.51. The number of nitro groups is 1. The summed E-state index contributed by atoms with van der Waals surface area (Å²) in [6.45, 7) is 3.26. The molecule has 0 radical (unpaired) electrons. The first-order valence-electron chi connectivity index (χ1n) is 7.57. The first-order chi connectivity index (χ1) is 10.4. The number of nitrogens with zero attached hydrogens (tertiary/aromatic N) is 1. The van der Waals surface area contributed by atoms with Crippen molar-refractivity contribution in [2.24, 2.45) is 0 Å². The summed E-state index contributed by atoms with van der Waals surface area (Å²) in [7, 11) is 0. The molecule has 7 heteroatoms. The number of esters is 2. The molecule has 1 atom stereocenters. The van der Waals surface area contributed by atoms with Crippen LogP contribution in [-0.4, -0.2) is 35.1 Å². The molecule has 0 saturated heterocycles. The molecule has 1 unspecified atom stereocenters. The van der Waals surface area contributed by atoms with Crippen molar-refractivity contribution in [1.29, 1.82) is 0 Å². The predicted octanol–water partition coefficient (Wildman–Crippen LogP) is 2.41. The highest BCUT2D eigenvalue weighted by atomic mass is 16.6. The summed E-state index contributed by atoms with van der Waals surface area (Å²) in [5.41, 5.74) is -1.19. The highest BCUT2D eigenvalue weighted by Gasteiger charge is 2.53. The molecule has 1 aliphatic carbocycles. The van der Waals surface area contributed by atoms with Crippen molar-refractivity contribution < 1.29 is 24.0 Å². The van der Waals surface area contributed by atoms with Crippen LogP contribution in [0.3, 0.4) is 0 Å². The second-order valence-electron chi connectivity index (χ2n) is 5.40. The summed E-state index contributed by atoms with van der Waals surface area (Å²) in [5, 5.41) is 11.5. The van der Waals surface area contributed by atoms with Crippen molar-refractivity contribution in [3.05, 3.63) is 22.3 Å². The van der Waals surface area contributed by atoms with E-state index in [-0.39, 0.29) is 4.92 Å². The highest BCUT2D eigenvalue weighted by Crippen LogP contribution is 2.38. The molecule has 1 saturated carbocycles. The Kier molecular flexibility index (Phi) is 7.01. The molecular formula is C15H23NO6. The summed E-state index contributed by atoms with van der Waals surface area (Å²) < 4.78 is 9.97. The van der Waals surface area contributed by atoms with E-state index in [0.717, 1.165) is 12.8 Å². The SMILES string of the molecule is CCOC(=O)/C=C/CCC(OC(C)=O)C1([N+](=O)[O-])CCCC1. The van der Waals surface area contributed by atoms with Crippen molar-refractivity contribution in [1.82, 2.24) is 0 Å². The Labute approximate surface area is 129 Å². The zero-order chi connectivity index (χ0) is 16.6. The predicted molar refractivity (Wildman–Crippen MR) is 78.8 cm³/mol. The number of ether oxygens (including phenoxy) is 2. The standard InChI is InChI=1S/C15H23NO6/c1-3-21-14(18)9-5-4-8-13(22-12(2)17)15(16(19)20)10-6-7-11-15/h5,9,13H,3-4,6-8,10-11H2,1-2H3/b9-5+. The Morgan fingerprint density at radius 1 is 1.36 bits per heavy atom. The van der Waals surface area contributed by atoms with Crippen LogP contribution in [0.2, 0.25) is 0 Å². The minimum Gasteiger partial charge on any atom is -0.463 e. The molecule has 0 heterocycles. The Hall–Kier alpha value is -1.92. The summed E-state index contributed by atoms with van der Waals surface area (Å²) in [4.78, 5) is 33.6. The molecule has 1 rings (SSSR count). The molecular weight excluding hydrogens is 290 g/mol. The van der Waals surface area contributed by atoms with E-state index in [1.807, 2.05) is 0 Å². The lowest BCUT2D eigenvalue weighted by atomic mass is 9.88. The molecule has 0 spiro atoms. The van der Waals surface area contributed by atoms with Crippen LogP contribution < -0.4 is 0 Å². The molecule has 0 aromatic carbocycles. The lowest BCUT2D eigenvalue weighted by molar-refractivity contribution is -0.581. The monoisotopic (exact) mass is 313 g/mol. The Bertz CT molecular complexity index is 439. The number of hydrogen-bond donors (Lipinski definition) is 0. The summed E-state index contributed by atoms with van der Waals surface area (Å²) >= 11 is 0. The maximum Gasteiger partial charge on any atom is 0.330 e. The summed E-state index contributed by atoms with van der Waals surface area (Å²) in [5.74, 6) is -0.969. The molecule has 0 aromatic heterocycles. The van der Waals surface area contributed by atoms with Gasteiger partial charge in [-0.3, -0.25) is 14.9 Å². The first-order valence-corrected chi connectivity index (χ1v) is 7.57. The number of carbonyl (C=O) groups is 2. The van der Waals surface area contributed by atoms with Crippen LogP contribution in [-0.2, 0) is 19.1 Å². The largest absolute Gasteiger partial charge is 0.463 e. The van der Waals surface area contributed by atoms with E-state index in [0.29, 0.717) is 32.3 Å². The van der Waals surface area contributed by atoms with Crippen LogP contribution >= 0.6 is 0 Å². The molecule has 7 nitrogen and oxygen atoms in total. The van der Waals surface area contributed by atoms with Crippen LogP contribution in [0, 0.1) is 10.1 Å². The topological polar surface area (TPSA) is 95.7 Å². The second-order valence-corrected chi connectivity index (χ2v) is 5.40. The third-order valence-electron chi connectivity index (χ3n) is 3.88. The number of rotatable bonds is 8. The van der Waals surface area contributed by atoms with E-state index in [2.05, 4.69) is 0 Å². The molecule has 1 aliphatic rings. The van der Waals surface area contributed by atoms with Crippen molar-refractivity contribution in [2.45, 2.75) is 64.0 Å². The van der Waals surface area contributed by atoms with Crippen LogP contribution in [0.1, 0.15) is 52.4 Å². The zero-order valence-electron chi connectivity index (χ0n) is 13.1. The number of carbonyl (C=O) groups excluding carboxylic acids is 2. The third-order valence-corrected chi connectivity index (χ3v) is 3.88. The Balaban J connectivity index is 2.70. The minimum absolute atomic E-state index is 0.295. The van der Waals surface area contributed by atoms with Gasteiger partial charge in [0.2, 0.25) is 0 Å². The first kappa shape index (κ1) is 18.1. The lowest BCUT2D eigenvalue weighted by Crippen LogP contribution is -2.49. The zero-order valence-corrected chi connectivity index (χ0v) is 13.1. The van der Waals surface area contributed by atoms with E-state index < -0.39 is 23.6 Å². The van der Waals surface area contributed by atoms with E-state index in [1.54, 1.807) is 13.0 Å². The Morgan fingerprint density at radius 3 is 2.50 bits per heavy atom. The van der Waals surface area contributed by atoms with Gasteiger partial charge in [0.25, 0.3) is 5.54 Å². The van der Waals surface area contributed by atoms with Gasteiger partial charge in [0.05, 0.1) is 6.61 Å². The molecule has 1 fully saturated rings. The molecule has 0 aliphatic heterocycles. The van der Waals surface area contributed by atoms with E-state index in [4.69, 9.17) is 9.47 Å². The lowest BCUT2D eigenvalue weighted by Gasteiger charge is -2.28. The van der Waals surface area contributed by atoms with Gasteiger partial charge in [-0.15, -0.1) is 0 Å². The maximum absolute atomic E-state index is 11.5. The number of hydrogen-bond acceptors (Lipinski definition) is 6. The molecule has 0 aromatic rings. The molecule has 0 N–H and O–H groups in total. The van der Waals surface area contributed by atoms with Gasteiger partial charge >= 0.3 is 11.9 Å². The van der Waals surface area contributed by atoms with E-state index in [9.17, 15) is 19.7 Å². The fourth-order valence-electron chi connectivity index (χ4n) is 2.86. The average Bonchev–Trinajstić information content (AvgIpc) is 2.93. The maximum atomic E-state index is 11.5. The van der Waals surface area contributed by atoms with E-state index >= 15 is 0 Å². The third kappa shape index (κ3) is 4.82. The van der Waals surface area contributed by atoms with Gasteiger partial charge in [-0.05, 0) is 32.6 Å². The quantitative estimate of drug-likeness (QED) is 0.295. The van der Waals surface area contributed by atoms with Gasteiger partial charge in [0.15, 0.2) is 6.10 Å². The minimum atomic E-state index is -1.19. The van der Waals surface area contributed by atoms with Gasteiger partial charge in [0, 0.05) is 30.8 Å². The van der Waals surface area contributed by atoms with E-state index in [1.165, 1.54) is 13.0 Å². The Morgan fingerprint density at radius 2 is 2.00 bits per heavy atom. The van der Waals surface area contributed by atoms with Gasteiger partial charge in [-0.2, -0.15) is 0 Å². The fraction of sp³-hybridized carbons (Fsp3) is 0.733. The summed E-state index contributed by atoms with van der Waals surface area (Å²) in [6.07, 6.45) is 5.20. The van der Waals surface area contributed by atoms with Crippen molar-refractivity contribution in [3.8, 4) is 0 Å². The van der Waals surface area contributed by atoms with Gasteiger partial charge in [-0.25, -0.2) is 4.79 Å². The van der Waals surface area contributed by atoms with Crippen LogP contribution in [0.25, 0.3) is 0 Å². The summed E-state index contributed by atoms with van der Waals surface area (Å²) in [6, 6.07) is 0. The smallest absolute Gasteiger partial charge is 0.330 e. The van der Waals surface area contributed by atoms with Gasteiger partial charge < -0.3 is 9.47 Å². The molecule has 0 bridgehead atoms. The normalized spacial score (nSPS) is 18.1. The average molecular weight is 313 g/mol. The van der Waals surface area contributed by atoms with Crippen LogP contribution in [0.5, 0.6) is 0 Å². The van der Waals surface area contributed by atoms with Crippen molar-refractivity contribution in [2.75, 3.05) is 6.61 Å². The molecule has 124 valence electrons. The molecule has 0 amide bonds. The number of allylic oxidation sites excluding steroid dienone is 1. The van der Waals surface area contributed by atoms with Crippen LogP contribution in [0.4, 0.5) is 0 Å².